The topological polar surface area (TPSA) is 281 Å². The number of aromatic carboxylic acids is 1. The standard InChI is InChI=1S/C14H17ClFNO4.C13H15ClFNO4.C12H14BrClFNO2.C9H9ClFNO2.C7H6BrClFN.C7H2BrClFN/c1-14(2,3)21-13(19)17-7-9-5-8(12(18)20-4)6-10(15)11(9)16;1-13(2,3)20-12(19)16-6-8-4-7(11(17)18)5-9(14)10(8)15;1-12(2,3)18-11(17)16-6-7-4-8(13)5-9(14)10(7)15;1-14-9(13)5-2-6(4-12)8(11)7(10)3-5;2*8-5-1-4(3-11)7(10)6(9)2-5/h5-6H,7H2,1-4H3,(H,17,19);4-5H,6H2,1-3H3,(H,16,19)(H,17,18);4-5H,6H2,1-3H3,(H,16,17);2-3H,4,12H2,1H3;1-2H,3,11H2;1-2H. The molecule has 33 heteroatoms. The molecule has 518 valence electrons. The summed E-state index contributed by atoms with van der Waals surface area (Å²) in [4.78, 5) is 67.8. The number of hydrogen-bond acceptors (Lipinski definition) is 14. The van der Waals surface area contributed by atoms with E-state index in [9.17, 15) is 55.1 Å². The largest absolute Gasteiger partial charge is 0.478 e. The Morgan fingerprint density at radius 1 is 0.442 bits per heavy atom. The Kier molecular flexibility index (Phi) is 36.9. The lowest BCUT2D eigenvalue weighted by Crippen LogP contribution is -2.32. The molecule has 0 atom stereocenters. The monoisotopic (exact) mass is 1640 g/mol. The zero-order valence-electron chi connectivity index (χ0n) is 52.2. The smallest absolute Gasteiger partial charge is 0.407 e. The molecular formula is C62H63Br3Cl6F6N6O12. The molecule has 0 unspecified atom stereocenters. The maximum absolute atomic E-state index is 13.9. The maximum Gasteiger partial charge on any atom is 0.407 e. The highest BCUT2D eigenvalue weighted by Gasteiger charge is 2.22. The minimum atomic E-state index is -1.23. The number of carboxylic acids is 1. The Morgan fingerprint density at radius 2 is 0.695 bits per heavy atom. The fraction of sp³-hybridized carbons (Fsp3) is 0.306. The molecule has 0 aliphatic carbocycles. The van der Waals surface area contributed by atoms with E-state index < -0.39 is 87.9 Å². The molecule has 18 nitrogen and oxygen atoms in total. The number of benzene rings is 6. The van der Waals surface area contributed by atoms with E-state index in [2.05, 4.69) is 73.2 Å². The number of carbonyl (C=O) groups is 6. The highest BCUT2D eigenvalue weighted by molar-refractivity contribution is 9.11. The molecule has 0 saturated heterocycles. The zero-order chi connectivity index (χ0) is 73.2. The SMILES string of the molecule is CC(C)(C)OC(=O)NCc1cc(Br)cc(Cl)c1F.CC(C)(C)OC(=O)NCc1cc(C(=O)O)cc(Cl)c1F.COC(=O)c1cc(Cl)c(F)c(CN)c1.COC(=O)c1cc(Cl)c(F)c(CNC(=O)OC(C)(C)C)c1.N#Cc1cc(Br)cc(Cl)c1F.NCc1cc(Br)cc(Cl)c1F. The third-order valence-electron chi connectivity index (χ3n) is 10.6. The van der Waals surface area contributed by atoms with E-state index in [1.54, 1.807) is 80.5 Å². The van der Waals surface area contributed by atoms with Crippen LogP contribution >= 0.6 is 117 Å². The third-order valence-corrected chi connectivity index (χ3v) is 13.6. The number of rotatable bonds is 11. The van der Waals surface area contributed by atoms with Crippen molar-refractivity contribution in [3.8, 4) is 6.07 Å². The van der Waals surface area contributed by atoms with Gasteiger partial charge in [-0.3, -0.25) is 0 Å². The van der Waals surface area contributed by atoms with Crippen LogP contribution in [0.3, 0.4) is 0 Å². The minimum absolute atomic E-state index is 0.00497. The van der Waals surface area contributed by atoms with Gasteiger partial charge in [0.15, 0.2) is 5.82 Å². The van der Waals surface area contributed by atoms with Gasteiger partial charge >= 0.3 is 36.2 Å². The maximum atomic E-state index is 13.9. The van der Waals surface area contributed by atoms with Crippen molar-refractivity contribution in [3.63, 3.8) is 0 Å². The normalized spacial score (nSPS) is 10.6. The van der Waals surface area contributed by atoms with E-state index in [0.717, 1.165) is 16.6 Å². The average molecular weight is 1650 g/mol. The predicted molar refractivity (Wildman–Crippen MR) is 361 cm³/mol. The molecule has 0 aliphatic rings. The molecule has 8 N–H and O–H groups in total. The number of hydrogen-bond donors (Lipinski definition) is 6. The second kappa shape index (κ2) is 40.4. The van der Waals surface area contributed by atoms with Crippen LogP contribution in [0.4, 0.5) is 40.7 Å². The predicted octanol–water partition coefficient (Wildman–Crippen LogP) is 18.3. The molecule has 0 aliphatic heterocycles. The summed E-state index contributed by atoms with van der Waals surface area (Å²) in [5.74, 6) is -6.16. The molecule has 0 spiro atoms. The molecule has 6 aromatic rings. The van der Waals surface area contributed by atoms with Gasteiger partial charge in [-0.15, -0.1) is 0 Å². The zero-order valence-corrected chi connectivity index (χ0v) is 61.5. The van der Waals surface area contributed by atoms with Crippen molar-refractivity contribution in [2.24, 2.45) is 11.5 Å². The lowest BCUT2D eigenvalue weighted by molar-refractivity contribution is 0.0511. The minimum Gasteiger partial charge on any atom is -0.478 e. The van der Waals surface area contributed by atoms with Crippen LogP contribution < -0.4 is 27.4 Å². The second-order valence-electron chi connectivity index (χ2n) is 21.6. The Morgan fingerprint density at radius 3 is 1.00 bits per heavy atom. The third kappa shape index (κ3) is 32.1. The van der Waals surface area contributed by atoms with Crippen LogP contribution in [0.25, 0.3) is 0 Å². The van der Waals surface area contributed by atoms with Crippen molar-refractivity contribution >= 4 is 154 Å². The van der Waals surface area contributed by atoms with Crippen LogP contribution in [0.2, 0.25) is 30.1 Å². The summed E-state index contributed by atoms with van der Waals surface area (Å²) >= 11 is 43.0. The molecule has 3 amide bonds. The van der Waals surface area contributed by atoms with Gasteiger partial charge in [0, 0.05) is 74.0 Å². The molecule has 0 fully saturated rings. The van der Waals surface area contributed by atoms with E-state index in [1.807, 2.05) is 0 Å². The number of alkyl carbamates (subject to hydrolysis) is 3. The second-order valence-corrected chi connectivity index (χ2v) is 26.8. The summed E-state index contributed by atoms with van der Waals surface area (Å²) < 4.78 is 106. The van der Waals surface area contributed by atoms with Crippen LogP contribution in [-0.4, -0.2) is 72.3 Å². The first-order chi connectivity index (χ1) is 43.8. The molecule has 0 saturated carbocycles. The summed E-state index contributed by atoms with van der Waals surface area (Å²) in [6.45, 7) is 15.2. The fourth-order valence-electron chi connectivity index (χ4n) is 6.52. The Bertz CT molecular complexity index is 3770. The Hall–Kier alpha value is -6.29. The van der Waals surface area contributed by atoms with Gasteiger partial charge in [-0.1, -0.05) is 117 Å². The Balaban J connectivity index is 0.000000579. The number of methoxy groups -OCH3 is 2. The summed E-state index contributed by atoms with van der Waals surface area (Å²) in [7, 11) is 2.44. The van der Waals surface area contributed by atoms with Crippen molar-refractivity contribution in [1.29, 1.82) is 5.26 Å². The van der Waals surface area contributed by atoms with Crippen molar-refractivity contribution < 1.29 is 83.9 Å². The van der Waals surface area contributed by atoms with E-state index >= 15 is 0 Å². The molecule has 0 heterocycles. The first-order valence-electron chi connectivity index (χ1n) is 26.8. The number of carboxylic acid groups (broad SMARTS) is 1. The molecule has 0 aromatic heterocycles. The molecule has 6 rings (SSSR count). The van der Waals surface area contributed by atoms with Crippen LogP contribution in [-0.2, 0) is 56.4 Å². The first-order valence-corrected chi connectivity index (χ1v) is 31.4. The highest BCUT2D eigenvalue weighted by Crippen LogP contribution is 2.28. The number of nitrogens with zero attached hydrogens (tertiary/aromatic N) is 1. The van der Waals surface area contributed by atoms with E-state index in [-0.39, 0.29) is 102 Å². The molecule has 95 heavy (non-hydrogen) atoms. The summed E-state index contributed by atoms with van der Waals surface area (Å²) in [5.41, 5.74) is 9.66. The highest BCUT2D eigenvalue weighted by atomic mass is 79.9. The number of nitrogens with one attached hydrogen (secondary N) is 3. The molecule has 6 aromatic carbocycles. The van der Waals surface area contributed by atoms with Crippen molar-refractivity contribution in [2.45, 2.75) is 112 Å². The number of halogens is 15. The van der Waals surface area contributed by atoms with Crippen molar-refractivity contribution in [1.82, 2.24) is 16.0 Å². The lowest BCUT2D eigenvalue weighted by Gasteiger charge is -2.19. The van der Waals surface area contributed by atoms with Gasteiger partial charge in [-0.2, -0.15) is 5.26 Å². The number of carbonyl (C=O) groups excluding carboxylic acids is 5. The van der Waals surface area contributed by atoms with E-state index in [4.69, 9.17) is 106 Å². The van der Waals surface area contributed by atoms with Crippen molar-refractivity contribution in [2.75, 3.05) is 14.2 Å². The summed E-state index contributed by atoms with van der Waals surface area (Å²) in [6.07, 6.45) is -2.02. The number of amides is 3. The van der Waals surface area contributed by atoms with Gasteiger partial charge < -0.3 is 56.2 Å². The Labute approximate surface area is 599 Å². The number of nitriles is 1. The van der Waals surface area contributed by atoms with Crippen LogP contribution in [0.5, 0.6) is 0 Å². The van der Waals surface area contributed by atoms with Crippen LogP contribution in [0.15, 0.2) is 86.2 Å². The molecule has 0 bridgehead atoms. The van der Waals surface area contributed by atoms with Gasteiger partial charge in [0.25, 0.3) is 0 Å². The first kappa shape index (κ1) is 86.7. The number of nitrogens with two attached hydrogens (primary N) is 2. The van der Waals surface area contributed by atoms with Crippen molar-refractivity contribution in [3.05, 3.63) is 201 Å². The van der Waals surface area contributed by atoms with Gasteiger partial charge in [0.1, 0.15) is 52.0 Å². The van der Waals surface area contributed by atoms with Gasteiger partial charge in [0.05, 0.1) is 66.6 Å². The van der Waals surface area contributed by atoms with Crippen LogP contribution in [0, 0.1) is 46.2 Å². The average Bonchev–Trinajstić information content (AvgIpc) is 0.894. The summed E-state index contributed by atoms with van der Waals surface area (Å²) in [6, 6.07) is 17.7. The van der Waals surface area contributed by atoms with Crippen LogP contribution in [0.1, 0.15) is 127 Å². The van der Waals surface area contributed by atoms with E-state index in [1.165, 1.54) is 62.8 Å². The van der Waals surface area contributed by atoms with E-state index in [0.29, 0.717) is 20.1 Å². The molecule has 0 radical (unpaired) electrons. The fourth-order valence-corrected chi connectivity index (χ4v) is 9.79. The van der Waals surface area contributed by atoms with Gasteiger partial charge in [-0.25, -0.2) is 55.1 Å². The van der Waals surface area contributed by atoms with Gasteiger partial charge in [0.2, 0.25) is 0 Å². The lowest BCUT2D eigenvalue weighted by atomic mass is 10.1. The summed E-state index contributed by atoms with van der Waals surface area (Å²) in [5, 5.41) is 23.9. The van der Waals surface area contributed by atoms with Gasteiger partial charge in [-0.05, 0) is 135 Å². The quantitative estimate of drug-likeness (QED) is 0.0304. The molecular weight excluding hydrogens is 1590 g/mol. The number of ether oxygens (including phenoxy) is 5. The number of esters is 2.